The molecule has 0 aromatic heterocycles. The van der Waals surface area contributed by atoms with Crippen LogP contribution < -0.4 is 0 Å². The minimum atomic E-state index is -2.27. The third-order valence-electron chi connectivity index (χ3n) is 8.00. The van der Waals surface area contributed by atoms with Crippen molar-refractivity contribution < 1.29 is 23.1 Å². The number of hydrogen-bond acceptors (Lipinski definition) is 2. The number of allylic oxidation sites excluding steroid dienone is 1. The Balaban J connectivity index is 1.56. The fraction of sp³-hybridized carbons (Fsp3) is 0.324. The number of carboxylic acid groups (broad SMARTS) is 1. The molecule has 0 saturated carbocycles. The molecule has 1 aliphatic carbocycles. The maximum absolute atomic E-state index is 14.2. The van der Waals surface area contributed by atoms with E-state index in [-0.39, 0.29) is 17.8 Å². The first-order valence-corrected chi connectivity index (χ1v) is 13.9. The molecule has 3 aromatic rings. The highest BCUT2D eigenvalue weighted by atomic mass is 19.3. The Morgan fingerprint density at radius 2 is 1.73 bits per heavy atom. The summed E-state index contributed by atoms with van der Waals surface area (Å²) < 4.78 is 39.4. The molecule has 0 radical (unpaired) electrons. The van der Waals surface area contributed by atoms with E-state index in [2.05, 4.69) is 35.2 Å². The van der Waals surface area contributed by atoms with E-state index < -0.39 is 12.4 Å². The molecule has 1 heterocycles. The molecule has 0 unspecified atom stereocenters. The first kappa shape index (κ1) is 27.9. The molecule has 40 heavy (non-hydrogen) atoms. The number of carboxylic acids is 1. The maximum atomic E-state index is 14.2. The number of fused-ring (bicyclic) bond motifs is 1. The molecular formula is C34H34F3NO2. The average Bonchev–Trinajstić information content (AvgIpc) is 3.26. The summed E-state index contributed by atoms with van der Waals surface area (Å²) in [5, 5.41) is 9.60. The van der Waals surface area contributed by atoms with Gasteiger partial charge in [-0.15, -0.1) is 0 Å². The smallest absolute Gasteiger partial charge is 0.335 e. The van der Waals surface area contributed by atoms with Crippen LogP contribution >= 0.6 is 0 Å². The monoisotopic (exact) mass is 545 g/mol. The van der Waals surface area contributed by atoms with Crippen LogP contribution in [0.25, 0.3) is 17.2 Å². The van der Waals surface area contributed by atoms with Crippen molar-refractivity contribution in [1.29, 1.82) is 0 Å². The van der Waals surface area contributed by atoms with Gasteiger partial charge in [0, 0.05) is 26.1 Å². The quantitative estimate of drug-likeness (QED) is 0.326. The number of benzene rings is 3. The Hall–Kier alpha value is -3.64. The maximum Gasteiger partial charge on any atom is 0.335 e. The van der Waals surface area contributed by atoms with E-state index in [1.54, 1.807) is 24.3 Å². The van der Waals surface area contributed by atoms with Gasteiger partial charge in [0.25, 0.3) is 0 Å². The number of alkyl halides is 2. The first-order chi connectivity index (χ1) is 19.2. The van der Waals surface area contributed by atoms with Crippen LogP contribution in [0.5, 0.6) is 0 Å². The standard InChI is InChI=1S/C34H34F3NO2/c1-21-16-28(35)17-22(2)32(21)30-5-3-4-26-19-27(34(39)40)10-11-29(26)33(30)25-8-6-23(7-9-25)18-24-12-14-38(20-24)15-13-31(36)37/h6-11,16-19,31H,3-5,12-15,20H2,1-2H3,(H,39,40)/b24-18-. The molecule has 208 valence electrons. The molecule has 1 aliphatic heterocycles. The van der Waals surface area contributed by atoms with Crippen molar-refractivity contribution in [1.82, 2.24) is 4.90 Å². The number of aromatic carboxylic acids is 1. The number of aryl methyl sites for hydroxylation is 3. The third-order valence-corrected chi connectivity index (χ3v) is 8.00. The predicted molar refractivity (Wildman–Crippen MR) is 154 cm³/mol. The van der Waals surface area contributed by atoms with Crippen LogP contribution in [0.4, 0.5) is 13.2 Å². The molecule has 1 saturated heterocycles. The van der Waals surface area contributed by atoms with Gasteiger partial charge in [-0.2, -0.15) is 0 Å². The predicted octanol–water partition coefficient (Wildman–Crippen LogP) is 8.18. The Labute approximate surface area is 233 Å². The Morgan fingerprint density at radius 3 is 2.40 bits per heavy atom. The van der Waals surface area contributed by atoms with Gasteiger partial charge in [-0.3, -0.25) is 4.90 Å². The summed E-state index contributed by atoms with van der Waals surface area (Å²) in [6.07, 6.45) is 3.07. The lowest BCUT2D eigenvalue weighted by atomic mass is 9.84. The third kappa shape index (κ3) is 6.07. The second-order valence-electron chi connectivity index (χ2n) is 10.9. The first-order valence-electron chi connectivity index (χ1n) is 13.9. The SMILES string of the molecule is Cc1cc(F)cc(C)c1C1=C(c2ccc(/C=C3/CCN(CCC(F)F)C3)cc2)c2ccc(C(=O)O)cc2CCC1. The van der Waals surface area contributed by atoms with E-state index >= 15 is 0 Å². The number of likely N-dealkylation sites (tertiary alicyclic amines) is 1. The number of rotatable bonds is 7. The molecule has 0 spiro atoms. The van der Waals surface area contributed by atoms with Crippen LogP contribution in [-0.4, -0.2) is 42.0 Å². The number of carbonyl (C=O) groups is 1. The normalized spacial score (nSPS) is 17.0. The summed E-state index contributed by atoms with van der Waals surface area (Å²) in [5.74, 6) is -1.20. The van der Waals surface area contributed by atoms with Crippen molar-refractivity contribution in [2.45, 2.75) is 52.4 Å². The van der Waals surface area contributed by atoms with Crippen molar-refractivity contribution in [3.05, 3.63) is 110 Å². The van der Waals surface area contributed by atoms with E-state index in [1.165, 1.54) is 5.57 Å². The van der Waals surface area contributed by atoms with E-state index in [1.807, 2.05) is 19.9 Å². The van der Waals surface area contributed by atoms with Gasteiger partial charge in [0.2, 0.25) is 6.43 Å². The zero-order valence-corrected chi connectivity index (χ0v) is 22.9. The summed E-state index contributed by atoms with van der Waals surface area (Å²) in [4.78, 5) is 13.8. The molecule has 0 bridgehead atoms. The van der Waals surface area contributed by atoms with Gasteiger partial charge in [-0.25, -0.2) is 18.0 Å². The van der Waals surface area contributed by atoms with Crippen LogP contribution in [0.2, 0.25) is 0 Å². The molecule has 3 nitrogen and oxygen atoms in total. The Morgan fingerprint density at radius 1 is 1.00 bits per heavy atom. The van der Waals surface area contributed by atoms with Gasteiger partial charge >= 0.3 is 5.97 Å². The Kier molecular flexibility index (Phi) is 8.27. The molecule has 5 rings (SSSR count). The lowest BCUT2D eigenvalue weighted by Gasteiger charge is -2.20. The van der Waals surface area contributed by atoms with Crippen LogP contribution in [0.1, 0.15) is 75.0 Å². The molecule has 1 fully saturated rings. The summed E-state index contributed by atoms with van der Waals surface area (Å²) >= 11 is 0. The van der Waals surface area contributed by atoms with Crippen molar-refractivity contribution >= 4 is 23.2 Å². The fourth-order valence-corrected chi connectivity index (χ4v) is 6.20. The van der Waals surface area contributed by atoms with Gasteiger partial charge in [-0.1, -0.05) is 42.0 Å². The second kappa shape index (κ2) is 11.8. The zero-order valence-electron chi connectivity index (χ0n) is 22.9. The minimum absolute atomic E-state index is 0.0954. The van der Waals surface area contributed by atoms with Crippen molar-refractivity contribution in [3.63, 3.8) is 0 Å². The van der Waals surface area contributed by atoms with Crippen molar-refractivity contribution in [3.8, 4) is 0 Å². The van der Waals surface area contributed by atoms with Gasteiger partial charge in [0.1, 0.15) is 5.82 Å². The summed E-state index contributed by atoms with van der Waals surface area (Å²) in [6, 6.07) is 16.9. The van der Waals surface area contributed by atoms with Crippen LogP contribution in [-0.2, 0) is 6.42 Å². The lowest BCUT2D eigenvalue weighted by molar-refractivity contribution is 0.0696. The molecule has 3 aromatic carbocycles. The Bertz CT molecular complexity index is 1460. The number of nitrogens with zero attached hydrogens (tertiary/aromatic N) is 1. The van der Waals surface area contributed by atoms with Gasteiger partial charge in [-0.05, 0) is 114 Å². The van der Waals surface area contributed by atoms with Gasteiger partial charge < -0.3 is 5.11 Å². The fourth-order valence-electron chi connectivity index (χ4n) is 6.20. The highest BCUT2D eigenvalue weighted by Crippen LogP contribution is 2.42. The van der Waals surface area contributed by atoms with Crippen LogP contribution in [0, 0.1) is 19.7 Å². The van der Waals surface area contributed by atoms with Crippen LogP contribution in [0.3, 0.4) is 0 Å². The molecule has 6 heteroatoms. The summed E-state index contributed by atoms with van der Waals surface area (Å²) in [6.45, 7) is 5.81. The molecule has 1 N–H and O–H groups in total. The second-order valence-corrected chi connectivity index (χ2v) is 10.9. The van der Waals surface area contributed by atoms with E-state index in [0.29, 0.717) is 13.1 Å². The highest BCUT2D eigenvalue weighted by Gasteiger charge is 2.24. The summed E-state index contributed by atoms with van der Waals surface area (Å²) in [7, 11) is 0. The number of halogens is 3. The molecule has 2 aliphatic rings. The minimum Gasteiger partial charge on any atom is -0.478 e. The van der Waals surface area contributed by atoms with Gasteiger partial charge in [0.05, 0.1) is 5.56 Å². The average molecular weight is 546 g/mol. The molecular weight excluding hydrogens is 511 g/mol. The summed E-state index contributed by atoms with van der Waals surface area (Å²) in [5.41, 5.74) is 10.6. The van der Waals surface area contributed by atoms with Crippen LogP contribution in [0.15, 0.2) is 60.2 Å². The highest BCUT2D eigenvalue weighted by molar-refractivity contribution is 6.01. The van der Waals surface area contributed by atoms with E-state index in [4.69, 9.17) is 0 Å². The number of hydrogen-bond donors (Lipinski definition) is 1. The molecule has 0 atom stereocenters. The topological polar surface area (TPSA) is 40.5 Å². The molecule has 0 amide bonds. The lowest BCUT2D eigenvalue weighted by Crippen LogP contribution is -2.22. The van der Waals surface area contributed by atoms with Crippen molar-refractivity contribution in [2.75, 3.05) is 19.6 Å². The van der Waals surface area contributed by atoms with Gasteiger partial charge in [0.15, 0.2) is 0 Å². The van der Waals surface area contributed by atoms with E-state index in [9.17, 15) is 23.1 Å². The van der Waals surface area contributed by atoms with E-state index in [0.717, 1.165) is 82.3 Å². The van der Waals surface area contributed by atoms with Crippen molar-refractivity contribution in [2.24, 2.45) is 0 Å². The largest absolute Gasteiger partial charge is 0.478 e. The zero-order chi connectivity index (χ0) is 28.4.